The SMILES string of the molecule is N#Cc1ccc(-c2cccc(-n3c4ccccc4c4c5oc6ccccc6c5ccc43)c2-c2nc(-c3ccccc3)nc(-c3c(C#N)cccc3-n3c4ccccc4c4c5oc6ccccc6c5ccc43)n2)cc1. The summed E-state index contributed by atoms with van der Waals surface area (Å²) >= 11 is 0. The summed E-state index contributed by atoms with van der Waals surface area (Å²) < 4.78 is 17.9. The summed E-state index contributed by atoms with van der Waals surface area (Å²) in [5.41, 5.74) is 13.2. The van der Waals surface area contributed by atoms with E-state index in [0.717, 1.165) is 121 Å². The van der Waals surface area contributed by atoms with Gasteiger partial charge in [-0.25, -0.2) is 15.0 Å². The normalized spacial score (nSPS) is 11.8. The Labute approximate surface area is 421 Å². The van der Waals surface area contributed by atoms with E-state index in [-0.39, 0.29) is 0 Å². The number of fused-ring (bicyclic) bond motifs is 14. The third-order valence-electron chi connectivity index (χ3n) is 14.5. The van der Waals surface area contributed by atoms with Gasteiger partial charge in [-0.3, -0.25) is 0 Å². The predicted octanol–water partition coefficient (Wildman–Crippen LogP) is 16.3. The molecule has 74 heavy (non-hydrogen) atoms. The standard InChI is InChI=1S/C65H35N7O2/c66-36-38-28-30-39(31-29-38)42-21-13-25-52(72-50-23-9-5-20-48(50)59-54(72)35-33-46-44-18-7-11-27-56(44)74-62(46)59)60(42)65-69-63(40-14-2-1-3-15-40)68-64(70-65)57-41(37-67)16-12-24-51(57)71-49-22-8-4-19-47(49)58-53(71)34-32-45-43-17-6-10-26-55(43)73-61(45)58/h1-35H. The van der Waals surface area contributed by atoms with E-state index < -0.39 is 0 Å². The second-order valence-electron chi connectivity index (χ2n) is 18.4. The fraction of sp³-hybridized carbons (Fsp3) is 0. The molecule has 0 radical (unpaired) electrons. The second-order valence-corrected chi connectivity index (χ2v) is 18.4. The topological polar surface area (TPSA) is 122 Å². The minimum absolute atomic E-state index is 0.323. The van der Waals surface area contributed by atoms with Gasteiger partial charge in [-0.15, -0.1) is 0 Å². The predicted molar refractivity (Wildman–Crippen MR) is 294 cm³/mol. The van der Waals surface area contributed by atoms with Crippen molar-refractivity contribution >= 4 is 87.5 Å². The number of furan rings is 2. The van der Waals surface area contributed by atoms with Gasteiger partial charge in [0.25, 0.3) is 0 Å². The van der Waals surface area contributed by atoms with Crippen LogP contribution in [0, 0.1) is 22.7 Å². The molecule has 10 aromatic carbocycles. The monoisotopic (exact) mass is 945 g/mol. The number of para-hydroxylation sites is 4. The van der Waals surface area contributed by atoms with Crippen LogP contribution in [-0.2, 0) is 0 Å². The maximum Gasteiger partial charge on any atom is 0.167 e. The Hall–Kier alpha value is -10.6. The average molecular weight is 946 g/mol. The number of nitriles is 2. The summed E-state index contributed by atoms with van der Waals surface area (Å²) in [5.74, 6) is 1.15. The first kappa shape index (κ1) is 41.2. The summed E-state index contributed by atoms with van der Waals surface area (Å²) in [5, 5.41) is 29.2. The average Bonchev–Trinajstić information content (AvgIpc) is 4.27. The third kappa shape index (κ3) is 5.99. The van der Waals surface area contributed by atoms with Crippen molar-refractivity contribution in [3.63, 3.8) is 0 Å². The first-order valence-corrected chi connectivity index (χ1v) is 24.3. The lowest BCUT2D eigenvalue weighted by atomic mass is 9.96. The summed E-state index contributed by atoms with van der Waals surface area (Å²) in [6, 6.07) is 75.9. The Morgan fingerprint density at radius 2 is 0.851 bits per heavy atom. The zero-order valence-electron chi connectivity index (χ0n) is 39.2. The van der Waals surface area contributed by atoms with Crippen LogP contribution in [-0.4, -0.2) is 24.1 Å². The summed E-state index contributed by atoms with van der Waals surface area (Å²) in [6.07, 6.45) is 0. The highest BCUT2D eigenvalue weighted by Crippen LogP contribution is 2.46. The van der Waals surface area contributed by atoms with Crippen molar-refractivity contribution in [1.82, 2.24) is 24.1 Å². The molecule has 9 heteroatoms. The van der Waals surface area contributed by atoms with E-state index in [1.165, 1.54) is 0 Å². The van der Waals surface area contributed by atoms with E-state index in [9.17, 15) is 10.5 Å². The van der Waals surface area contributed by atoms with Crippen molar-refractivity contribution in [2.24, 2.45) is 0 Å². The fourth-order valence-electron chi connectivity index (χ4n) is 11.3. The molecule has 342 valence electrons. The number of aromatic nitrogens is 5. The van der Waals surface area contributed by atoms with Gasteiger partial charge in [-0.05, 0) is 90.0 Å². The molecule has 5 heterocycles. The zero-order valence-corrected chi connectivity index (χ0v) is 39.2. The summed E-state index contributed by atoms with van der Waals surface area (Å²) in [4.78, 5) is 16.3. The summed E-state index contributed by atoms with van der Waals surface area (Å²) in [6.45, 7) is 0. The number of hydrogen-bond acceptors (Lipinski definition) is 7. The van der Waals surface area contributed by atoms with Crippen molar-refractivity contribution in [2.75, 3.05) is 0 Å². The molecule has 0 amide bonds. The molecule has 0 aliphatic rings. The van der Waals surface area contributed by atoms with Crippen LogP contribution in [0.5, 0.6) is 0 Å². The Morgan fingerprint density at radius 3 is 1.43 bits per heavy atom. The Morgan fingerprint density at radius 1 is 0.351 bits per heavy atom. The van der Waals surface area contributed by atoms with E-state index in [2.05, 4.69) is 112 Å². The Bertz CT molecular complexity index is 4930. The maximum absolute atomic E-state index is 11.2. The van der Waals surface area contributed by atoms with Crippen molar-refractivity contribution in [2.45, 2.75) is 0 Å². The van der Waals surface area contributed by atoms with Crippen molar-refractivity contribution in [3.05, 3.63) is 223 Å². The Balaban J connectivity index is 1.05. The van der Waals surface area contributed by atoms with Gasteiger partial charge in [0.15, 0.2) is 17.5 Å². The van der Waals surface area contributed by atoms with Crippen molar-refractivity contribution < 1.29 is 8.83 Å². The molecule has 0 aliphatic carbocycles. The van der Waals surface area contributed by atoms with Gasteiger partial charge in [0.2, 0.25) is 0 Å². The number of benzene rings is 10. The number of rotatable bonds is 6. The minimum Gasteiger partial charge on any atom is -0.455 e. The molecule has 0 fully saturated rings. The van der Waals surface area contributed by atoms with Crippen LogP contribution < -0.4 is 0 Å². The second kappa shape index (κ2) is 16.0. The molecule has 0 atom stereocenters. The first-order chi connectivity index (χ1) is 36.6. The largest absolute Gasteiger partial charge is 0.455 e. The molecule has 0 N–H and O–H groups in total. The lowest BCUT2D eigenvalue weighted by Crippen LogP contribution is -2.07. The van der Waals surface area contributed by atoms with E-state index in [1.807, 2.05) is 121 Å². The molecule has 15 aromatic rings. The van der Waals surface area contributed by atoms with Crippen LogP contribution in [0.1, 0.15) is 11.1 Å². The highest BCUT2D eigenvalue weighted by molar-refractivity contribution is 6.25. The van der Waals surface area contributed by atoms with Crippen molar-refractivity contribution in [3.8, 4) is 68.8 Å². The van der Waals surface area contributed by atoms with Crippen LogP contribution in [0.4, 0.5) is 0 Å². The molecule has 5 aromatic heterocycles. The van der Waals surface area contributed by atoms with Gasteiger partial charge < -0.3 is 18.0 Å². The van der Waals surface area contributed by atoms with Gasteiger partial charge in [0.05, 0.1) is 78.6 Å². The molecule has 0 aliphatic heterocycles. The van der Waals surface area contributed by atoms with Crippen LogP contribution in [0.3, 0.4) is 0 Å². The lowest BCUT2D eigenvalue weighted by molar-refractivity contribution is 0.672. The smallest absolute Gasteiger partial charge is 0.167 e. The van der Waals surface area contributed by atoms with Gasteiger partial charge >= 0.3 is 0 Å². The molecule has 0 saturated carbocycles. The van der Waals surface area contributed by atoms with Gasteiger partial charge in [-0.2, -0.15) is 10.5 Å². The first-order valence-electron chi connectivity index (χ1n) is 24.3. The van der Waals surface area contributed by atoms with E-state index >= 15 is 0 Å². The zero-order chi connectivity index (χ0) is 49.0. The molecule has 0 saturated heterocycles. The summed E-state index contributed by atoms with van der Waals surface area (Å²) in [7, 11) is 0. The highest BCUT2D eigenvalue weighted by Gasteiger charge is 2.27. The molecule has 0 unspecified atom stereocenters. The molecule has 0 bridgehead atoms. The van der Waals surface area contributed by atoms with E-state index in [0.29, 0.717) is 34.2 Å². The quantitative estimate of drug-likeness (QED) is 0.163. The lowest BCUT2D eigenvalue weighted by Gasteiger charge is -2.19. The molecular formula is C65H35N7O2. The third-order valence-corrected chi connectivity index (χ3v) is 14.5. The van der Waals surface area contributed by atoms with Gasteiger partial charge in [-0.1, -0.05) is 133 Å². The molecular weight excluding hydrogens is 911 g/mol. The van der Waals surface area contributed by atoms with Crippen LogP contribution in [0.15, 0.2) is 221 Å². The number of nitrogens with zero attached hydrogens (tertiary/aromatic N) is 7. The Kier molecular flexibility index (Phi) is 8.88. The van der Waals surface area contributed by atoms with Gasteiger partial charge in [0, 0.05) is 37.9 Å². The molecule has 9 nitrogen and oxygen atoms in total. The van der Waals surface area contributed by atoms with Crippen LogP contribution in [0.25, 0.3) is 144 Å². The van der Waals surface area contributed by atoms with E-state index in [4.69, 9.17) is 23.8 Å². The fourth-order valence-corrected chi connectivity index (χ4v) is 11.3. The molecule has 15 rings (SSSR count). The maximum atomic E-state index is 11.2. The van der Waals surface area contributed by atoms with E-state index in [1.54, 1.807) is 0 Å². The molecule has 0 spiro atoms. The van der Waals surface area contributed by atoms with Crippen molar-refractivity contribution in [1.29, 1.82) is 10.5 Å². The number of hydrogen-bond donors (Lipinski definition) is 0. The van der Waals surface area contributed by atoms with Crippen LogP contribution >= 0.6 is 0 Å². The van der Waals surface area contributed by atoms with Crippen LogP contribution in [0.2, 0.25) is 0 Å². The highest BCUT2D eigenvalue weighted by atomic mass is 16.3. The van der Waals surface area contributed by atoms with Gasteiger partial charge in [0.1, 0.15) is 22.3 Å². The minimum atomic E-state index is 0.323.